The fraction of sp³-hybridized carbons (Fsp3) is 0.400. The second-order valence-electron chi connectivity index (χ2n) is 6.29. The number of hydrogen-bond acceptors (Lipinski definition) is 5. The normalized spacial score (nSPS) is 19.0. The lowest BCUT2D eigenvalue weighted by Crippen LogP contribution is -2.41. The van der Waals surface area contributed by atoms with Crippen molar-refractivity contribution in [2.45, 2.75) is 25.5 Å². The van der Waals surface area contributed by atoms with Crippen molar-refractivity contribution < 1.29 is 14.2 Å². The van der Waals surface area contributed by atoms with Gasteiger partial charge in [-0.25, -0.2) is 0 Å². The number of thiocarbonyl (C=S) groups is 1. The lowest BCUT2D eigenvalue weighted by Gasteiger charge is -2.27. The van der Waals surface area contributed by atoms with E-state index in [-0.39, 0.29) is 12.1 Å². The minimum Gasteiger partial charge on any atom is -0.494 e. The monoisotopic (exact) mass is 387 g/mol. The van der Waals surface area contributed by atoms with Crippen LogP contribution >= 0.6 is 12.2 Å². The van der Waals surface area contributed by atoms with E-state index in [1.54, 1.807) is 19.5 Å². The van der Waals surface area contributed by atoms with E-state index in [0.717, 1.165) is 30.2 Å². The van der Waals surface area contributed by atoms with Crippen molar-refractivity contribution in [3.63, 3.8) is 0 Å². The molecule has 1 aromatic heterocycles. The van der Waals surface area contributed by atoms with Gasteiger partial charge in [0.2, 0.25) is 0 Å². The van der Waals surface area contributed by atoms with E-state index < -0.39 is 0 Å². The summed E-state index contributed by atoms with van der Waals surface area (Å²) in [7, 11) is 1.73. The molecule has 3 rings (SSSR count). The summed E-state index contributed by atoms with van der Waals surface area (Å²) in [6, 6.07) is 11.7. The maximum Gasteiger partial charge on any atom is 0.173 e. The standard InChI is InChI=1S/C20H25N3O3S/c1-3-25-17-8-6-15(7-9-17)22-20(27)23-13-19(24-2)11-16(23)14-26-18-5-4-10-21-12-18/h4-10,12,16,19H,3,11,13-14H2,1-2H3,(H,22,27)/t16-,19+/m0/s1. The third kappa shape index (κ3) is 5.30. The number of ether oxygens (including phenoxy) is 3. The molecule has 144 valence electrons. The van der Waals surface area contributed by atoms with E-state index in [0.29, 0.717) is 18.3 Å². The molecule has 0 aliphatic carbocycles. The Morgan fingerprint density at radius 1 is 1.22 bits per heavy atom. The SMILES string of the molecule is CCOc1ccc(NC(=S)N2C[C@H](OC)C[C@H]2COc2cccnc2)cc1. The number of nitrogens with zero attached hydrogens (tertiary/aromatic N) is 2. The average Bonchev–Trinajstić information content (AvgIpc) is 3.12. The van der Waals surface area contributed by atoms with Gasteiger partial charge in [-0.1, -0.05) is 0 Å². The maximum absolute atomic E-state index is 5.89. The van der Waals surface area contributed by atoms with Crippen molar-refractivity contribution >= 4 is 23.0 Å². The van der Waals surface area contributed by atoms with Gasteiger partial charge in [0.15, 0.2) is 5.11 Å². The fourth-order valence-corrected chi connectivity index (χ4v) is 3.41. The fourth-order valence-electron chi connectivity index (χ4n) is 3.07. The minimum absolute atomic E-state index is 0.132. The molecule has 1 aromatic carbocycles. The van der Waals surface area contributed by atoms with Gasteiger partial charge in [-0.3, -0.25) is 4.98 Å². The van der Waals surface area contributed by atoms with Gasteiger partial charge in [-0.05, 0) is 62.0 Å². The van der Waals surface area contributed by atoms with Crippen LogP contribution in [0.3, 0.4) is 0 Å². The van der Waals surface area contributed by atoms with Crippen LogP contribution in [0.1, 0.15) is 13.3 Å². The van der Waals surface area contributed by atoms with E-state index >= 15 is 0 Å². The lowest BCUT2D eigenvalue weighted by atomic mass is 10.2. The third-order valence-corrected chi connectivity index (χ3v) is 4.80. The van der Waals surface area contributed by atoms with Gasteiger partial charge in [-0.2, -0.15) is 0 Å². The molecule has 2 atom stereocenters. The summed E-state index contributed by atoms with van der Waals surface area (Å²) in [5.74, 6) is 1.60. The summed E-state index contributed by atoms with van der Waals surface area (Å²) in [4.78, 5) is 6.21. The molecule has 1 saturated heterocycles. The van der Waals surface area contributed by atoms with Crippen LogP contribution in [-0.4, -0.2) is 54.0 Å². The molecule has 0 spiro atoms. The molecule has 7 heteroatoms. The zero-order chi connectivity index (χ0) is 19.1. The zero-order valence-corrected chi connectivity index (χ0v) is 16.4. The Bertz CT molecular complexity index is 727. The number of nitrogens with one attached hydrogen (secondary N) is 1. The Kier molecular flexibility index (Phi) is 6.84. The van der Waals surface area contributed by atoms with Gasteiger partial charge in [-0.15, -0.1) is 0 Å². The molecule has 0 bridgehead atoms. The van der Waals surface area contributed by atoms with Crippen molar-refractivity contribution in [1.29, 1.82) is 0 Å². The molecule has 1 aliphatic rings. The largest absolute Gasteiger partial charge is 0.494 e. The zero-order valence-electron chi connectivity index (χ0n) is 15.6. The van der Waals surface area contributed by atoms with Gasteiger partial charge in [0, 0.05) is 25.5 Å². The quantitative estimate of drug-likeness (QED) is 0.731. The first kappa shape index (κ1) is 19.4. The van der Waals surface area contributed by atoms with Crippen LogP contribution in [0, 0.1) is 0 Å². The number of benzene rings is 1. The van der Waals surface area contributed by atoms with Crippen molar-refractivity contribution in [1.82, 2.24) is 9.88 Å². The van der Waals surface area contributed by atoms with E-state index in [9.17, 15) is 0 Å². The molecule has 27 heavy (non-hydrogen) atoms. The molecule has 0 unspecified atom stereocenters. The van der Waals surface area contributed by atoms with Crippen LogP contribution in [-0.2, 0) is 4.74 Å². The summed E-state index contributed by atoms with van der Waals surface area (Å²) < 4.78 is 16.9. The summed E-state index contributed by atoms with van der Waals surface area (Å²) in [6.07, 6.45) is 4.43. The number of aromatic nitrogens is 1. The second kappa shape index (κ2) is 9.53. The van der Waals surface area contributed by atoms with Gasteiger partial charge in [0.25, 0.3) is 0 Å². The molecule has 0 amide bonds. The van der Waals surface area contributed by atoms with E-state index in [1.165, 1.54) is 0 Å². The van der Waals surface area contributed by atoms with Crippen LogP contribution in [0.5, 0.6) is 11.5 Å². The van der Waals surface area contributed by atoms with Gasteiger partial charge in [0.05, 0.1) is 24.9 Å². The first-order valence-corrected chi connectivity index (χ1v) is 9.46. The molecule has 1 N–H and O–H groups in total. The maximum atomic E-state index is 5.89. The number of pyridine rings is 1. The molecular formula is C20H25N3O3S. The molecule has 1 fully saturated rings. The highest BCUT2D eigenvalue weighted by atomic mass is 32.1. The van der Waals surface area contributed by atoms with Crippen molar-refractivity contribution in [3.05, 3.63) is 48.8 Å². The summed E-state index contributed by atoms with van der Waals surface area (Å²) in [5, 5.41) is 3.97. The van der Waals surface area contributed by atoms with Gasteiger partial charge in [0.1, 0.15) is 18.1 Å². The number of hydrogen-bond donors (Lipinski definition) is 1. The van der Waals surface area contributed by atoms with Crippen LogP contribution in [0.15, 0.2) is 48.8 Å². The van der Waals surface area contributed by atoms with Crippen LogP contribution in [0.25, 0.3) is 0 Å². The summed E-state index contributed by atoms with van der Waals surface area (Å²) in [6.45, 7) is 3.88. The van der Waals surface area contributed by atoms with Crippen LogP contribution in [0.2, 0.25) is 0 Å². The predicted octanol–water partition coefficient (Wildman–Crippen LogP) is 3.35. The highest BCUT2D eigenvalue weighted by Crippen LogP contribution is 2.23. The third-order valence-electron chi connectivity index (χ3n) is 4.46. The Hall–Kier alpha value is -2.38. The number of methoxy groups -OCH3 is 1. The molecule has 0 saturated carbocycles. The average molecular weight is 388 g/mol. The van der Waals surface area contributed by atoms with E-state index in [4.69, 9.17) is 26.4 Å². The van der Waals surface area contributed by atoms with Crippen molar-refractivity contribution in [2.75, 3.05) is 32.2 Å². The van der Waals surface area contributed by atoms with Gasteiger partial charge < -0.3 is 24.4 Å². The Balaban J connectivity index is 1.61. The number of likely N-dealkylation sites (tertiary alicyclic amines) is 1. The molecule has 1 aliphatic heterocycles. The molecule has 0 radical (unpaired) electrons. The first-order valence-electron chi connectivity index (χ1n) is 9.05. The van der Waals surface area contributed by atoms with Gasteiger partial charge >= 0.3 is 0 Å². The number of anilines is 1. The van der Waals surface area contributed by atoms with Crippen LogP contribution in [0.4, 0.5) is 5.69 Å². The summed E-state index contributed by atoms with van der Waals surface area (Å²) >= 11 is 5.65. The Labute approximate surface area is 165 Å². The smallest absolute Gasteiger partial charge is 0.173 e. The second-order valence-corrected chi connectivity index (χ2v) is 6.67. The van der Waals surface area contributed by atoms with Crippen molar-refractivity contribution in [3.8, 4) is 11.5 Å². The minimum atomic E-state index is 0.132. The molecular weight excluding hydrogens is 362 g/mol. The van der Waals surface area contributed by atoms with Crippen LogP contribution < -0.4 is 14.8 Å². The van der Waals surface area contributed by atoms with Crippen molar-refractivity contribution in [2.24, 2.45) is 0 Å². The Morgan fingerprint density at radius 3 is 2.70 bits per heavy atom. The van der Waals surface area contributed by atoms with E-state index in [2.05, 4.69) is 15.2 Å². The predicted molar refractivity (Wildman–Crippen MR) is 109 cm³/mol. The van der Waals surface area contributed by atoms with E-state index in [1.807, 2.05) is 43.3 Å². The first-order chi connectivity index (χ1) is 13.2. The Morgan fingerprint density at radius 2 is 2.04 bits per heavy atom. The molecule has 2 aromatic rings. The highest BCUT2D eigenvalue weighted by molar-refractivity contribution is 7.80. The lowest BCUT2D eigenvalue weighted by molar-refractivity contribution is 0.113. The molecule has 6 nitrogen and oxygen atoms in total. The highest BCUT2D eigenvalue weighted by Gasteiger charge is 2.34. The summed E-state index contributed by atoms with van der Waals surface area (Å²) in [5.41, 5.74) is 0.927. The number of rotatable bonds is 7. The topological polar surface area (TPSA) is 55.9 Å². The molecule has 2 heterocycles.